The molecule has 0 saturated heterocycles. The van der Waals surface area contributed by atoms with Gasteiger partial charge in [0.2, 0.25) is 0 Å². The van der Waals surface area contributed by atoms with Gasteiger partial charge < -0.3 is 5.11 Å². The molecule has 3 aliphatic carbocycles. The summed E-state index contributed by atoms with van der Waals surface area (Å²) < 4.78 is 0. The molecule has 6 rings (SSSR count). The zero-order valence-electron chi connectivity index (χ0n) is 16.1. The molecule has 0 radical (unpaired) electrons. The third-order valence-electron chi connectivity index (χ3n) is 7.88. The fourth-order valence-electron chi connectivity index (χ4n) is 6.42. The van der Waals surface area contributed by atoms with Crippen molar-refractivity contribution < 1.29 is 5.11 Å². The molecule has 3 aromatic rings. The molecule has 1 nitrogen and oxygen atoms in total. The van der Waals surface area contributed by atoms with E-state index in [1.165, 1.54) is 58.9 Å². The highest BCUT2D eigenvalue weighted by Crippen LogP contribution is 2.59. The summed E-state index contributed by atoms with van der Waals surface area (Å²) in [5.74, 6) is 2.56. The Kier molecular flexibility index (Phi) is 3.14. The van der Waals surface area contributed by atoms with Crippen LogP contribution >= 0.6 is 0 Å². The Morgan fingerprint density at radius 2 is 1.37 bits per heavy atom. The molecule has 0 bridgehead atoms. The maximum Gasteiger partial charge on any atom is 0.123 e. The monoisotopic (exact) mass is 354 g/mol. The van der Waals surface area contributed by atoms with Crippen molar-refractivity contribution in [3.05, 3.63) is 64.7 Å². The van der Waals surface area contributed by atoms with Gasteiger partial charge in [-0.05, 0) is 81.3 Å². The second-order valence-corrected chi connectivity index (χ2v) is 9.02. The molecule has 0 aliphatic heterocycles. The molecule has 3 aliphatic rings. The quantitative estimate of drug-likeness (QED) is 0.453. The highest BCUT2D eigenvalue weighted by molar-refractivity contribution is 6.06. The van der Waals surface area contributed by atoms with E-state index in [0.29, 0.717) is 29.4 Å². The number of benzene rings is 3. The Labute approximate surface area is 161 Å². The second kappa shape index (κ2) is 5.38. The Morgan fingerprint density at radius 3 is 2.19 bits per heavy atom. The highest BCUT2D eigenvalue weighted by atomic mass is 16.3. The van der Waals surface area contributed by atoms with Crippen molar-refractivity contribution in [3.8, 4) is 16.9 Å². The summed E-state index contributed by atoms with van der Waals surface area (Å²) in [4.78, 5) is 0. The summed E-state index contributed by atoms with van der Waals surface area (Å²) in [6.45, 7) is 4.69. The van der Waals surface area contributed by atoms with Gasteiger partial charge in [0.1, 0.15) is 5.75 Å². The van der Waals surface area contributed by atoms with Gasteiger partial charge in [0.15, 0.2) is 0 Å². The highest BCUT2D eigenvalue weighted by Gasteiger charge is 2.39. The molecule has 1 N–H and O–H groups in total. The Morgan fingerprint density at radius 1 is 0.741 bits per heavy atom. The van der Waals surface area contributed by atoms with Gasteiger partial charge in [-0.3, -0.25) is 0 Å². The molecule has 0 heterocycles. The Hall–Kier alpha value is -2.28. The number of aromatic hydroxyl groups is 1. The standard InChI is InChI=1S/C26H26O/c1-14-15(2)22-13-23(27)21-12-6-11-20-18-8-4-3-7-17(18)19-10-5-9-16(14)24(19)26(22)25(20)21/h5-6,9-15,17-18,27H,3-4,7-8H2,1-2H3. The van der Waals surface area contributed by atoms with Gasteiger partial charge in [0, 0.05) is 5.39 Å². The lowest BCUT2D eigenvalue weighted by Gasteiger charge is -2.35. The number of hydrogen-bond donors (Lipinski definition) is 1. The van der Waals surface area contributed by atoms with Crippen molar-refractivity contribution in [2.24, 2.45) is 0 Å². The lowest BCUT2D eigenvalue weighted by atomic mass is 9.69. The van der Waals surface area contributed by atoms with Crippen LogP contribution in [0.25, 0.3) is 21.9 Å². The first-order valence-electron chi connectivity index (χ1n) is 10.6. The van der Waals surface area contributed by atoms with E-state index < -0.39 is 0 Å². The maximum atomic E-state index is 10.9. The van der Waals surface area contributed by atoms with Crippen molar-refractivity contribution in [3.63, 3.8) is 0 Å². The number of hydrogen-bond acceptors (Lipinski definition) is 1. The van der Waals surface area contributed by atoms with E-state index in [9.17, 15) is 5.11 Å². The van der Waals surface area contributed by atoms with Crippen molar-refractivity contribution in [2.45, 2.75) is 63.2 Å². The van der Waals surface area contributed by atoms with Crippen LogP contribution in [0.3, 0.4) is 0 Å². The number of phenols is 1. The van der Waals surface area contributed by atoms with E-state index in [4.69, 9.17) is 0 Å². The first-order valence-corrected chi connectivity index (χ1v) is 10.6. The van der Waals surface area contributed by atoms with E-state index in [-0.39, 0.29) is 0 Å². The topological polar surface area (TPSA) is 20.2 Å². The van der Waals surface area contributed by atoms with Crippen LogP contribution in [-0.4, -0.2) is 5.11 Å². The van der Waals surface area contributed by atoms with Gasteiger partial charge in [0.05, 0.1) is 0 Å². The minimum absolute atomic E-state index is 0.422. The van der Waals surface area contributed by atoms with Crippen molar-refractivity contribution in [2.75, 3.05) is 0 Å². The lowest BCUT2D eigenvalue weighted by molar-refractivity contribution is 0.389. The SMILES string of the molecule is CC1c2cccc3c2-c2c(cc(O)c4cccc(c24)C2CCCCC32)C1C. The Balaban J connectivity index is 1.86. The van der Waals surface area contributed by atoms with Crippen LogP contribution in [0.1, 0.15) is 85.5 Å². The molecule has 0 spiro atoms. The van der Waals surface area contributed by atoms with Crippen LogP contribution in [0.4, 0.5) is 0 Å². The smallest absolute Gasteiger partial charge is 0.123 e. The predicted octanol–water partition coefficient (Wildman–Crippen LogP) is 7.19. The van der Waals surface area contributed by atoms with Crippen molar-refractivity contribution in [1.82, 2.24) is 0 Å². The summed E-state index contributed by atoms with van der Waals surface area (Å²) >= 11 is 0. The van der Waals surface area contributed by atoms with E-state index in [2.05, 4.69) is 56.3 Å². The number of phenolic OH excluding ortho intramolecular Hbond substituents is 1. The van der Waals surface area contributed by atoms with Gasteiger partial charge in [-0.25, -0.2) is 0 Å². The van der Waals surface area contributed by atoms with Gasteiger partial charge in [-0.2, -0.15) is 0 Å². The number of rotatable bonds is 0. The van der Waals surface area contributed by atoms with Gasteiger partial charge in [-0.1, -0.05) is 63.1 Å². The third kappa shape index (κ3) is 1.90. The zero-order valence-corrected chi connectivity index (χ0v) is 16.1. The van der Waals surface area contributed by atoms with Gasteiger partial charge >= 0.3 is 0 Å². The molecule has 4 unspecified atom stereocenters. The molecule has 3 aromatic carbocycles. The average Bonchev–Trinajstić information content (AvgIpc) is 2.83. The third-order valence-corrected chi connectivity index (χ3v) is 7.88. The normalized spacial score (nSPS) is 27.9. The lowest BCUT2D eigenvalue weighted by Crippen LogP contribution is -2.17. The average molecular weight is 354 g/mol. The van der Waals surface area contributed by atoms with E-state index in [1.54, 1.807) is 5.56 Å². The minimum atomic E-state index is 0.422. The van der Waals surface area contributed by atoms with Crippen molar-refractivity contribution >= 4 is 10.8 Å². The largest absolute Gasteiger partial charge is 0.507 e. The number of fused-ring (bicyclic) bond motifs is 3. The van der Waals surface area contributed by atoms with E-state index in [0.717, 1.165) is 5.39 Å². The first kappa shape index (κ1) is 15.7. The molecular weight excluding hydrogens is 328 g/mol. The van der Waals surface area contributed by atoms with Crippen LogP contribution in [-0.2, 0) is 0 Å². The van der Waals surface area contributed by atoms with Crippen LogP contribution in [0.15, 0.2) is 42.5 Å². The molecule has 1 heteroatoms. The van der Waals surface area contributed by atoms with Crippen LogP contribution < -0.4 is 0 Å². The van der Waals surface area contributed by atoms with Gasteiger partial charge in [0.25, 0.3) is 0 Å². The summed E-state index contributed by atoms with van der Waals surface area (Å²) in [5, 5.41) is 13.3. The molecule has 1 saturated carbocycles. The second-order valence-electron chi connectivity index (χ2n) is 9.02. The molecule has 4 atom stereocenters. The zero-order chi connectivity index (χ0) is 18.3. The molecule has 0 aromatic heterocycles. The summed E-state index contributed by atoms with van der Waals surface area (Å²) in [6.07, 6.45) is 5.21. The molecule has 0 amide bonds. The molecule has 1 fully saturated rings. The first-order chi connectivity index (χ1) is 13.2. The van der Waals surface area contributed by atoms with Crippen LogP contribution in [0.5, 0.6) is 5.75 Å². The van der Waals surface area contributed by atoms with Crippen LogP contribution in [0.2, 0.25) is 0 Å². The summed E-state index contributed by atoms with van der Waals surface area (Å²) in [7, 11) is 0. The maximum absolute atomic E-state index is 10.9. The van der Waals surface area contributed by atoms with Crippen molar-refractivity contribution in [1.29, 1.82) is 0 Å². The summed E-state index contributed by atoms with van der Waals surface area (Å²) in [6, 6.07) is 15.7. The van der Waals surface area contributed by atoms with E-state index in [1.807, 2.05) is 0 Å². The predicted molar refractivity (Wildman–Crippen MR) is 112 cm³/mol. The fourth-order valence-corrected chi connectivity index (χ4v) is 6.42. The Bertz CT molecular complexity index is 1090. The van der Waals surface area contributed by atoms with E-state index >= 15 is 0 Å². The molecular formula is C26H26O. The van der Waals surface area contributed by atoms with Crippen LogP contribution in [0, 0.1) is 0 Å². The molecule has 136 valence electrons. The minimum Gasteiger partial charge on any atom is -0.507 e. The fraction of sp³-hybridized carbons (Fsp3) is 0.385. The van der Waals surface area contributed by atoms with Gasteiger partial charge in [-0.15, -0.1) is 0 Å². The summed E-state index contributed by atoms with van der Waals surface area (Å²) in [5.41, 5.74) is 8.85. The molecule has 27 heavy (non-hydrogen) atoms.